The lowest BCUT2D eigenvalue weighted by Crippen LogP contribution is -2.01. The first-order valence-electron chi connectivity index (χ1n) is 5.86. The molecule has 2 N–H and O–H groups in total. The number of aryl methyl sites for hydroxylation is 3. The summed E-state index contributed by atoms with van der Waals surface area (Å²) >= 11 is 0. The van der Waals surface area contributed by atoms with E-state index in [0.717, 1.165) is 17.0 Å². The monoisotopic (exact) mass is 226 g/mol. The first kappa shape index (κ1) is 11.8. The van der Waals surface area contributed by atoms with E-state index in [0.29, 0.717) is 6.54 Å². The summed E-state index contributed by atoms with van der Waals surface area (Å²) in [5, 5.41) is 0. The maximum absolute atomic E-state index is 5.64. The van der Waals surface area contributed by atoms with Crippen LogP contribution in [0.3, 0.4) is 0 Å². The van der Waals surface area contributed by atoms with Gasteiger partial charge < -0.3 is 5.73 Å². The van der Waals surface area contributed by atoms with Crippen LogP contribution in [0.1, 0.15) is 22.4 Å². The van der Waals surface area contributed by atoms with Gasteiger partial charge in [-0.05, 0) is 49.6 Å². The van der Waals surface area contributed by atoms with Crippen LogP contribution in [-0.4, -0.2) is 4.98 Å². The van der Waals surface area contributed by atoms with E-state index in [1.807, 2.05) is 13.0 Å². The van der Waals surface area contributed by atoms with E-state index in [9.17, 15) is 0 Å². The highest BCUT2D eigenvalue weighted by molar-refractivity contribution is 5.61. The maximum atomic E-state index is 5.64. The molecule has 0 fully saturated rings. The van der Waals surface area contributed by atoms with Crippen molar-refractivity contribution in [2.45, 2.75) is 27.3 Å². The highest BCUT2D eigenvalue weighted by Crippen LogP contribution is 2.21. The Morgan fingerprint density at radius 2 is 1.76 bits per heavy atom. The van der Waals surface area contributed by atoms with Crippen LogP contribution in [0.15, 0.2) is 30.3 Å². The average Bonchev–Trinajstić information content (AvgIpc) is 2.32. The molecule has 1 aromatic heterocycles. The lowest BCUT2D eigenvalue weighted by molar-refractivity contribution is 1.01. The SMILES string of the molecule is Cc1ccc(-c2ccc(CN)c(C)n2)cc1C. The van der Waals surface area contributed by atoms with Crippen molar-refractivity contribution in [1.82, 2.24) is 4.98 Å². The molecule has 0 aliphatic heterocycles. The lowest BCUT2D eigenvalue weighted by atomic mass is 10.0. The minimum absolute atomic E-state index is 0.548. The Bertz CT molecular complexity index is 545. The fourth-order valence-electron chi connectivity index (χ4n) is 1.87. The van der Waals surface area contributed by atoms with E-state index >= 15 is 0 Å². The zero-order chi connectivity index (χ0) is 12.4. The number of hydrogen-bond acceptors (Lipinski definition) is 2. The van der Waals surface area contributed by atoms with E-state index < -0.39 is 0 Å². The number of aromatic nitrogens is 1. The summed E-state index contributed by atoms with van der Waals surface area (Å²) < 4.78 is 0. The Morgan fingerprint density at radius 3 is 2.35 bits per heavy atom. The van der Waals surface area contributed by atoms with Gasteiger partial charge in [0.05, 0.1) is 5.69 Å². The second kappa shape index (κ2) is 4.68. The van der Waals surface area contributed by atoms with Gasteiger partial charge in [0.25, 0.3) is 0 Å². The summed E-state index contributed by atoms with van der Waals surface area (Å²) in [6.45, 7) is 6.80. The molecule has 2 rings (SSSR count). The molecule has 0 unspecified atom stereocenters. The molecule has 1 aromatic carbocycles. The van der Waals surface area contributed by atoms with Crippen LogP contribution in [0, 0.1) is 20.8 Å². The third-order valence-electron chi connectivity index (χ3n) is 3.22. The Hall–Kier alpha value is -1.67. The maximum Gasteiger partial charge on any atom is 0.0705 e. The molecule has 2 nitrogen and oxygen atoms in total. The van der Waals surface area contributed by atoms with E-state index in [4.69, 9.17) is 5.73 Å². The Labute approximate surface area is 103 Å². The molecule has 0 saturated carbocycles. The number of rotatable bonds is 2. The van der Waals surface area contributed by atoms with Gasteiger partial charge in [0.1, 0.15) is 0 Å². The molecular formula is C15H18N2. The van der Waals surface area contributed by atoms with Crippen molar-refractivity contribution in [2.75, 3.05) is 0 Å². The fraction of sp³-hybridized carbons (Fsp3) is 0.267. The largest absolute Gasteiger partial charge is 0.326 e. The fourth-order valence-corrected chi connectivity index (χ4v) is 1.87. The van der Waals surface area contributed by atoms with Crippen molar-refractivity contribution in [1.29, 1.82) is 0 Å². The molecule has 2 aromatic rings. The average molecular weight is 226 g/mol. The summed E-state index contributed by atoms with van der Waals surface area (Å²) in [6, 6.07) is 10.5. The Morgan fingerprint density at radius 1 is 1.00 bits per heavy atom. The van der Waals surface area contributed by atoms with Crippen LogP contribution in [0.5, 0.6) is 0 Å². The summed E-state index contributed by atoms with van der Waals surface area (Å²) in [7, 11) is 0. The van der Waals surface area contributed by atoms with Gasteiger partial charge in [-0.25, -0.2) is 0 Å². The van der Waals surface area contributed by atoms with Gasteiger partial charge >= 0.3 is 0 Å². The zero-order valence-corrected chi connectivity index (χ0v) is 10.6. The lowest BCUT2D eigenvalue weighted by Gasteiger charge is -2.08. The first-order chi connectivity index (χ1) is 8.11. The second-order valence-electron chi connectivity index (χ2n) is 4.44. The quantitative estimate of drug-likeness (QED) is 0.854. The van der Waals surface area contributed by atoms with Crippen molar-refractivity contribution in [3.63, 3.8) is 0 Å². The normalized spacial score (nSPS) is 10.6. The molecule has 88 valence electrons. The van der Waals surface area contributed by atoms with Crippen LogP contribution < -0.4 is 5.73 Å². The minimum atomic E-state index is 0.548. The van der Waals surface area contributed by atoms with Gasteiger partial charge in [0, 0.05) is 17.8 Å². The van der Waals surface area contributed by atoms with Crippen LogP contribution >= 0.6 is 0 Å². The van der Waals surface area contributed by atoms with Crippen LogP contribution in [0.25, 0.3) is 11.3 Å². The van der Waals surface area contributed by atoms with Crippen molar-refractivity contribution >= 4 is 0 Å². The minimum Gasteiger partial charge on any atom is -0.326 e. The van der Waals surface area contributed by atoms with E-state index in [-0.39, 0.29) is 0 Å². The highest BCUT2D eigenvalue weighted by Gasteiger charge is 2.04. The van der Waals surface area contributed by atoms with Crippen LogP contribution in [0.4, 0.5) is 0 Å². The van der Waals surface area contributed by atoms with Gasteiger partial charge in [-0.15, -0.1) is 0 Å². The number of pyridine rings is 1. The number of nitrogens with zero attached hydrogens (tertiary/aromatic N) is 1. The topological polar surface area (TPSA) is 38.9 Å². The van der Waals surface area contributed by atoms with Crippen molar-refractivity contribution in [3.05, 3.63) is 52.7 Å². The highest BCUT2D eigenvalue weighted by atomic mass is 14.7. The molecule has 0 bridgehead atoms. The summed E-state index contributed by atoms with van der Waals surface area (Å²) in [4.78, 5) is 4.60. The zero-order valence-electron chi connectivity index (χ0n) is 10.6. The second-order valence-corrected chi connectivity index (χ2v) is 4.44. The van der Waals surface area contributed by atoms with Gasteiger partial charge in [0.15, 0.2) is 0 Å². The molecule has 0 spiro atoms. The molecule has 1 heterocycles. The Balaban J connectivity index is 2.46. The first-order valence-corrected chi connectivity index (χ1v) is 5.86. The van der Waals surface area contributed by atoms with E-state index in [1.54, 1.807) is 0 Å². The van der Waals surface area contributed by atoms with Gasteiger partial charge in [-0.2, -0.15) is 0 Å². The predicted octanol–water partition coefficient (Wildman–Crippen LogP) is 3.13. The van der Waals surface area contributed by atoms with Crippen molar-refractivity contribution in [3.8, 4) is 11.3 Å². The van der Waals surface area contributed by atoms with Gasteiger partial charge in [-0.1, -0.05) is 18.2 Å². The summed E-state index contributed by atoms with van der Waals surface area (Å²) in [5.41, 5.74) is 12.6. The third-order valence-corrected chi connectivity index (χ3v) is 3.22. The predicted molar refractivity (Wildman–Crippen MR) is 71.8 cm³/mol. The smallest absolute Gasteiger partial charge is 0.0705 e. The molecule has 0 saturated heterocycles. The van der Waals surface area contributed by atoms with Crippen LogP contribution in [-0.2, 0) is 6.54 Å². The van der Waals surface area contributed by atoms with Crippen molar-refractivity contribution < 1.29 is 0 Å². The standard InChI is InChI=1S/C15H18N2/c1-10-4-5-13(8-11(10)2)15-7-6-14(9-16)12(3)17-15/h4-8H,9,16H2,1-3H3. The molecular weight excluding hydrogens is 208 g/mol. The third kappa shape index (κ3) is 2.37. The number of nitrogens with two attached hydrogens (primary N) is 1. The van der Waals surface area contributed by atoms with Crippen molar-refractivity contribution in [2.24, 2.45) is 5.73 Å². The number of benzene rings is 1. The molecule has 0 amide bonds. The van der Waals surface area contributed by atoms with E-state index in [1.165, 1.54) is 16.7 Å². The van der Waals surface area contributed by atoms with Gasteiger partial charge in [0.2, 0.25) is 0 Å². The molecule has 0 atom stereocenters. The summed E-state index contributed by atoms with van der Waals surface area (Å²) in [5.74, 6) is 0. The number of hydrogen-bond donors (Lipinski definition) is 1. The van der Waals surface area contributed by atoms with Crippen LogP contribution in [0.2, 0.25) is 0 Å². The molecule has 0 aliphatic carbocycles. The molecule has 0 aliphatic rings. The molecule has 0 radical (unpaired) electrons. The van der Waals surface area contributed by atoms with Gasteiger partial charge in [-0.3, -0.25) is 4.98 Å². The Kier molecular flexibility index (Phi) is 3.25. The summed E-state index contributed by atoms with van der Waals surface area (Å²) in [6.07, 6.45) is 0. The van der Waals surface area contributed by atoms with E-state index in [2.05, 4.69) is 43.1 Å². The molecule has 17 heavy (non-hydrogen) atoms. The molecule has 2 heteroatoms.